The van der Waals surface area contributed by atoms with E-state index in [4.69, 9.17) is 0 Å². The van der Waals surface area contributed by atoms with Crippen molar-refractivity contribution in [3.05, 3.63) is 98.1 Å². The van der Waals surface area contributed by atoms with Gasteiger partial charge in [0.25, 0.3) is 5.69 Å². The number of carbonyl (C=O) groups excluding carboxylic acids is 1. The van der Waals surface area contributed by atoms with Crippen molar-refractivity contribution in [3.63, 3.8) is 0 Å². The van der Waals surface area contributed by atoms with Crippen molar-refractivity contribution in [2.24, 2.45) is 0 Å². The van der Waals surface area contributed by atoms with Crippen LogP contribution in [0.4, 0.5) is 11.4 Å². The van der Waals surface area contributed by atoms with E-state index in [0.717, 1.165) is 5.69 Å². The standard InChI is InChI=1S/C14H13N2O3.C5H5.Fe/c17-14(11-3-1-2-4-11)9-10-15-12-5-7-13(8-6-12)16(18)19;1-2-4-5-3-1;/h1-8,15H,9-10H2;1-5H;/q;;+2. The van der Waals surface area contributed by atoms with Crippen molar-refractivity contribution in [2.45, 2.75) is 6.42 Å². The monoisotopic (exact) mass is 378 g/mol. The number of rotatable bonds is 6. The number of nitrogens with zero attached hydrogens (tertiary/aromatic N) is 1. The van der Waals surface area contributed by atoms with E-state index in [9.17, 15) is 14.9 Å². The molecule has 0 heterocycles. The van der Waals surface area contributed by atoms with Gasteiger partial charge in [-0.25, -0.2) is 0 Å². The minimum absolute atomic E-state index is 0. The van der Waals surface area contributed by atoms with E-state index in [2.05, 4.69) is 5.32 Å². The van der Waals surface area contributed by atoms with Crippen LogP contribution in [0.25, 0.3) is 0 Å². The molecule has 10 radical (unpaired) electrons. The van der Waals surface area contributed by atoms with Gasteiger partial charge in [-0.05, 0) is 69.9 Å². The van der Waals surface area contributed by atoms with Crippen molar-refractivity contribution in [2.75, 3.05) is 11.9 Å². The number of hydrogen-bond acceptors (Lipinski definition) is 4. The summed E-state index contributed by atoms with van der Waals surface area (Å²) in [6, 6.07) is 6.12. The average molecular weight is 378 g/mol. The molecule has 0 unspecified atom stereocenters. The predicted octanol–water partition coefficient (Wildman–Crippen LogP) is 3.39. The molecule has 6 heteroatoms. The summed E-state index contributed by atoms with van der Waals surface area (Å²) in [7, 11) is 0. The zero-order chi connectivity index (χ0) is 17.2. The summed E-state index contributed by atoms with van der Waals surface area (Å²) >= 11 is 0. The Balaban J connectivity index is 0.000000448. The maximum atomic E-state index is 11.7. The first kappa shape index (κ1) is 21.7. The fourth-order valence-corrected chi connectivity index (χ4v) is 2.05. The first-order valence-corrected chi connectivity index (χ1v) is 7.57. The molecule has 0 spiro atoms. The van der Waals surface area contributed by atoms with Crippen LogP contribution in [0.1, 0.15) is 6.42 Å². The normalized spacial score (nSPS) is 16.5. The third-order valence-electron chi connectivity index (χ3n) is 3.30. The number of nitrogens with one attached hydrogen (secondary N) is 1. The van der Waals surface area contributed by atoms with Crippen LogP contribution in [0, 0.1) is 73.8 Å². The SMILES string of the molecule is O=C(CCNc1ccc([N+](=O)[O-])cc1)[C]1[CH][CH][CH][CH]1.[CH]1[CH][CH][CH][CH]1.[Fe+2]. The third-order valence-corrected chi connectivity index (χ3v) is 3.30. The molecule has 0 aliphatic heterocycles. The molecular weight excluding hydrogens is 360 g/mol. The molecule has 0 saturated heterocycles. The number of nitro benzene ring substituents is 1. The second kappa shape index (κ2) is 12.0. The second-order valence-corrected chi connectivity index (χ2v) is 5.04. The number of hydrogen-bond donors (Lipinski definition) is 1. The molecule has 2 aliphatic rings. The molecule has 0 amide bonds. The number of ketones is 1. The summed E-state index contributed by atoms with van der Waals surface area (Å²) in [6.45, 7) is 0.502. The van der Waals surface area contributed by atoms with Gasteiger partial charge in [-0.3, -0.25) is 14.9 Å². The van der Waals surface area contributed by atoms with Gasteiger partial charge in [0.2, 0.25) is 0 Å². The Bertz CT molecular complexity index is 516. The van der Waals surface area contributed by atoms with Crippen LogP contribution < -0.4 is 5.32 Å². The molecule has 0 aromatic heterocycles. The Kier molecular flexibility index (Phi) is 10.4. The van der Waals surface area contributed by atoms with Crippen molar-refractivity contribution < 1.29 is 26.8 Å². The van der Waals surface area contributed by atoms with Crippen molar-refractivity contribution in [1.29, 1.82) is 0 Å². The Morgan fingerprint density at radius 3 is 1.92 bits per heavy atom. The van der Waals surface area contributed by atoms with Crippen molar-refractivity contribution in [3.8, 4) is 0 Å². The van der Waals surface area contributed by atoms with E-state index in [1.807, 2.05) is 44.9 Å². The molecular formula is C19H18FeN2O3+2. The average Bonchev–Trinajstić information content (AvgIpc) is 3.31. The number of non-ortho nitro benzene ring substituents is 1. The van der Waals surface area contributed by atoms with E-state index in [-0.39, 0.29) is 28.5 Å². The second-order valence-electron chi connectivity index (χ2n) is 5.04. The van der Waals surface area contributed by atoms with Gasteiger partial charge in [0.1, 0.15) is 5.78 Å². The van der Waals surface area contributed by atoms with Gasteiger partial charge >= 0.3 is 17.1 Å². The molecule has 1 aromatic carbocycles. The predicted molar refractivity (Wildman–Crippen MR) is 93.2 cm³/mol. The number of benzene rings is 1. The maximum absolute atomic E-state index is 11.7. The zero-order valence-corrected chi connectivity index (χ0v) is 14.5. The Morgan fingerprint density at radius 2 is 1.44 bits per heavy atom. The number of anilines is 1. The van der Waals surface area contributed by atoms with Crippen LogP contribution in [0.3, 0.4) is 0 Å². The molecule has 3 rings (SSSR count). The molecule has 0 atom stereocenters. The number of carbonyl (C=O) groups is 1. The fourth-order valence-electron chi connectivity index (χ4n) is 2.05. The molecule has 2 fully saturated rings. The molecule has 1 N–H and O–H groups in total. The van der Waals surface area contributed by atoms with Crippen LogP contribution in [-0.2, 0) is 21.9 Å². The van der Waals surface area contributed by atoms with Crippen molar-refractivity contribution >= 4 is 17.2 Å². The molecule has 128 valence electrons. The summed E-state index contributed by atoms with van der Waals surface area (Å²) < 4.78 is 0. The maximum Gasteiger partial charge on any atom is 2.00 e. The number of nitro groups is 1. The minimum atomic E-state index is -0.442. The summed E-state index contributed by atoms with van der Waals surface area (Å²) in [5.41, 5.74) is 0.819. The van der Waals surface area contributed by atoms with E-state index in [0.29, 0.717) is 18.9 Å². The van der Waals surface area contributed by atoms with Gasteiger partial charge in [0.15, 0.2) is 0 Å². The first-order valence-electron chi connectivity index (χ1n) is 7.57. The molecule has 2 aliphatic carbocycles. The summed E-state index contributed by atoms with van der Waals surface area (Å²) in [5.74, 6) is 0.796. The minimum Gasteiger partial charge on any atom is -0.385 e. The van der Waals surface area contributed by atoms with Crippen LogP contribution in [0.5, 0.6) is 0 Å². The Labute approximate surface area is 160 Å². The Hall–Kier alpha value is -1.39. The van der Waals surface area contributed by atoms with Crippen LogP contribution in [0.2, 0.25) is 0 Å². The molecule has 25 heavy (non-hydrogen) atoms. The smallest absolute Gasteiger partial charge is 0.385 e. The van der Waals surface area contributed by atoms with E-state index >= 15 is 0 Å². The van der Waals surface area contributed by atoms with Gasteiger partial charge in [-0.2, -0.15) is 0 Å². The van der Waals surface area contributed by atoms with Gasteiger partial charge in [0, 0.05) is 36.7 Å². The van der Waals surface area contributed by atoms with E-state index in [1.54, 1.807) is 25.0 Å². The first-order chi connectivity index (χ1) is 11.7. The Morgan fingerprint density at radius 1 is 0.920 bits per heavy atom. The van der Waals surface area contributed by atoms with Gasteiger partial charge < -0.3 is 5.32 Å². The molecule has 2 saturated carbocycles. The largest absolute Gasteiger partial charge is 2.00 e. The molecule has 1 aromatic rings. The topological polar surface area (TPSA) is 72.2 Å². The molecule has 5 nitrogen and oxygen atoms in total. The van der Waals surface area contributed by atoms with Gasteiger partial charge in [0.05, 0.1) is 4.92 Å². The third kappa shape index (κ3) is 8.02. The van der Waals surface area contributed by atoms with Gasteiger partial charge in [-0.1, -0.05) is 0 Å². The summed E-state index contributed by atoms with van der Waals surface area (Å²) in [6.07, 6.45) is 17.6. The van der Waals surface area contributed by atoms with E-state index < -0.39 is 4.92 Å². The summed E-state index contributed by atoms with van der Waals surface area (Å²) in [5, 5.41) is 13.5. The van der Waals surface area contributed by atoms with Crippen LogP contribution in [0.15, 0.2) is 24.3 Å². The van der Waals surface area contributed by atoms with Crippen LogP contribution in [-0.4, -0.2) is 17.3 Å². The summed E-state index contributed by atoms with van der Waals surface area (Å²) in [4.78, 5) is 21.8. The van der Waals surface area contributed by atoms with Crippen molar-refractivity contribution in [1.82, 2.24) is 0 Å². The molecule has 0 bridgehead atoms. The quantitative estimate of drug-likeness (QED) is 0.468. The number of Topliss-reactive ketones (excluding diaryl/α,β-unsaturated/α-hetero) is 1. The van der Waals surface area contributed by atoms with E-state index in [1.165, 1.54) is 12.1 Å². The van der Waals surface area contributed by atoms with Gasteiger partial charge in [-0.15, -0.1) is 0 Å². The fraction of sp³-hybridized carbons (Fsp3) is 0.105. The zero-order valence-electron chi connectivity index (χ0n) is 13.4. The van der Waals surface area contributed by atoms with Crippen LogP contribution >= 0.6 is 0 Å².